The SMILES string of the molecule is CCCc1cc(C)c(C)c(CC)c1C. The van der Waals surface area contributed by atoms with Gasteiger partial charge in [0.05, 0.1) is 0 Å². The Morgan fingerprint density at radius 3 is 2.14 bits per heavy atom. The summed E-state index contributed by atoms with van der Waals surface area (Å²) in [5, 5.41) is 0. The molecule has 14 heavy (non-hydrogen) atoms. The van der Waals surface area contributed by atoms with Crippen LogP contribution in [0.2, 0.25) is 0 Å². The Bertz CT molecular complexity index is 321. The zero-order valence-corrected chi connectivity index (χ0v) is 10.2. The van der Waals surface area contributed by atoms with Crippen molar-refractivity contribution < 1.29 is 0 Å². The van der Waals surface area contributed by atoms with Gasteiger partial charge in [-0.25, -0.2) is 0 Å². The van der Waals surface area contributed by atoms with Gasteiger partial charge in [0.2, 0.25) is 0 Å². The normalized spacial score (nSPS) is 10.6. The van der Waals surface area contributed by atoms with Crippen molar-refractivity contribution >= 4 is 0 Å². The Labute approximate surface area is 88.4 Å². The molecule has 1 rings (SSSR count). The monoisotopic (exact) mass is 190 g/mol. The van der Waals surface area contributed by atoms with Gasteiger partial charge < -0.3 is 0 Å². The third kappa shape index (κ3) is 2.00. The fourth-order valence-electron chi connectivity index (χ4n) is 2.25. The molecule has 78 valence electrons. The van der Waals surface area contributed by atoms with Gasteiger partial charge in [0.15, 0.2) is 0 Å². The van der Waals surface area contributed by atoms with E-state index in [4.69, 9.17) is 0 Å². The van der Waals surface area contributed by atoms with Crippen molar-refractivity contribution in [1.82, 2.24) is 0 Å². The van der Waals surface area contributed by atoms with E-state index in [1.165, 1.54) is 29.5 Å². The molecule has 1 aromatic carbocycles. The second-order valence-electron chi connectivity index (χ2n) is 4.18. The Balaban J connectivity index is 3.27. The minimum Gasteiger partial charge on any atom is -0.0651 e. The lowest BCUT2D eigenvalue weighted by atomic mass is 9.90. The average molecular weight is 190 g/mol. The molecule has 0 heterocycles. The van der Waals surface area contributed by atoms with Crippen LogP contribution >= 0.6 is 0 Å². The highest BCUT2D eigenvalue weighted by atomic mass is 14.1. The Kier molecular flexibility index (Phi) is 3.74. The number of hydrogen-bond acceptors (Lipinski definition) is 0. The fourth-order valence-corrected chi connectivity index (χ4v) is 2.25. The van der Waals surface area contributed by atoms with Gasteiger partial charge in [-0.2, -0.15) is 0 Å². The zero-order chi connectivity index (χ0) is 10.7. The highest BCUT2D eigenvalue weighted by Gasteiger charge is 2.07. The van der Waals surface area contributed by atoms with Crippen molar-refractivity contribution in [3.8, 4) is 0 Å². The quantitative estimate of drug-likeness (QED) is 0.672. The minimum absolute atomic E-state index is 1.16. The molecule has 0 fully saturated rings. The van der Waals surface area contributed by atoms with Crippen molar-refractivity contribution in [3.63, 3.8) is 0 Å². The van der Waals surface area contributed by atoms with E-state index in [1.807, 2.05) is 0 Å². The summed E-state index contributed by atoms with van der Waals surface area (Å²) in [5.74, 6) is 0. The first-order chi connectivity index (χ1) is 6.61. The van der Waals surface area contributed by atoms with E-state index in [2.05, 4.69) is 40.7 Å². The van der Waals surface area contributed by atoms with Gasteiger partial charge in [0, 0.05) is 0 Å². The molecule has 0 radical (unpaired) electrons. The van der Waals surface area contributed by atoms with Crippen LogP contribution < -0.4 is 0 Å². The molecule has 0 amide bonds. The summed E-state index contributed by atoms with van der Waals surface area (Å²) in [6.45, 7) is 11.3. The number of benzene rings is 1. The van der Waals surface area contributed by atoms with Crippen LogP contribution in [0.1, 0.15) is 48.1 Å². The van der Waals surface area contributed by atoms with Crippen LogP contribution in [-0.4, -0.2) is 0 Å². The smallest absolute Gasteiger partial charge is 0.0279 e. The maximum Gasteiger partial charge on any atom is -0.0279 e. The highest BCUT2D eigenvalue weighted by Crippen LogP contribution is 2.23. The fraction of sp³-hybridized carbons (Fsp3) is 0.571. The first-order valence-corrected chi connectivity index (χ1v) is 5.70. The van der Waals surface area contributed by atoms with E-state index in [0.29, 0.717) is 0 Å². The van der Waals surface area contributed by atoms with E-state index in [1.54, 1.807) is 11.1 Å². The summed E-state index contributed by atoms with van der Waals surface area (Å²) < 4.78 is 0. The minimum atomic E-state index is 1.16. The Morgan fingerprint density at radius 1 is 1.00 bits per heavy atom. The molecular formula is C14H22. The van der Waals surface area contributed by atoms with Gasteiger partial charge in [-0.05, 0) is 61.4 Å². The van der Waals surface area contributed by atoms with E-state index in [0.717, 1.165) is 6.42 Å². The molecular weight excluding hydrogens is 168 g/mol. The number of aryl methyl sites for hydroxylation is 2. The van der Waals surface area contributed by atoms with Gasteiger partial charge in [0.1, 0.15) is 0 Å². The van der Waals surface area contributed by atoms with E-state index in [9.17, 15) is 0 Å². The predicted molar refractivity (Wildman–Crippen MR) is 64.0 cm³/mol. The van der Waals surface area contributed by atoms with Crippen molar-refractivity contribution in [2.24, 2.45) is 0 Å². The standard InChI is InChI=1S/C14H22/c1-6-8-13-9-10(3)11(4)14(7-2)12(13)5/h9H,6-8H2,1-5H3. The van der Waals surface area contributed by atoms with Crippen LogP contribution in [0.25, 0.3) is 0 Å². The van der Waals surface area contributed by atoms with Crippen molar-refractivity contribution in [2.45, 2.75) is 53.9 Å². The predicted octanol–water partition coefficient (Wildman–Crippen LogP) is 4.13. The van der Waals surface area contributed by atoms with E-state index >= 15 is 0 Å². The molecule has 0 aliphatic heterocycles. The first kappa shape index (κ1) is 11.3. The van der Waals surface area contributed by atoms with Gasteiger partial charge in [-0.15, -0.1) is 0 Å². The summed E-state index contributed by atoms with van der Waals surface area (Å²) >= 11 is 0. The van der Waals surface area contributed by atoms with Crippen LogP contribution in [0.3, 0.4) is 0 Å². The molecule has 0 saturated heterocycles. The molecule has 0 heteroatoms. The van der Waals surface area contributed by atoms with Crippen LogP contribution in [0.4, 0.5) is 0 Å². The zero-order valence-electron chi connectivity index (χ0n) is 10.2. The first-order valence-electron chi connectivity index (χ1n) is 5.70. The summed E-state index contributed by atoms with van der Waals surface area (Å²) in [6, 6.07) is 2.37. The van der Waals surface area contributed by atoms with Crippen LogP contribution in [0.15, 0.2) is 6.07 Å². The summed E-state index contributed by atoms with van der Waals surface area (Å²) in [6.07, 6.45) is 3.63. The van der Waals surface area contributed by atoms with Gasteiger partial charge >= 0.3 is 0 Å². The van der Waals surface area contributed by atoms with Crippen molar-refractivity contribution in [2.75, 3.05) is 0 Å². The van der Waals surface area contributed by atoms with Crippen molar-refractivity contribution in [3.05, 3.63) is 33.9 Å². The molecule has 0 atom stereocenters. The topological polar surface area (TPSA) is 0 Å². The van der Waals surface area contributed by atoms with E-state index < -0.39 is 0 Å². The average Bonchev–Trinajstić information content (AvgIpc) is 2.16. The molecule has 1 aromatic rings. The van der Waals surface area contributed by atoms with E-state index in [-0.39, 0.29) is 0 Å². The Hall–Kier alpha value is -0.780. The second-order valence-corrected chi connectivity index (χ2v) is 4.18. The maximum atomic E-state index is 2.37. The molecule has 0 aliphatic carbocycles. The third-order valence-corrected chi connectivity index (χ3v) is 3.24. The Morgan fingerprint density at radius 2 is 1.64 bits per heavy atom. The second kappa shape index (κ2) is 4.63. The summed E-state index contributed by atoms with van der Waals surface area (Å²) in [4.78, 5) is 0. The van der Waals surface area contributed by atoms with Crippen LogP contribution in [0.5, 0.6) is 0 Å². The number of hydrogen-bond donors (Lipinski definition) is 0. The molecule has 0 unspecified atom stereocenters. The largest absolute Gasteiger partial charge is 0.0651 e. The van der Waals surface area contributed by atoms with Crippen LogP contribution in [0, 0.1) is 20.8 Å². The lowest BCUT2D eigenvalue weighted by molar-refractivity contribution is 0.899. The molecule has 0 aliphatic rings. The molecule has 0 bridgehead atoms. The summed E-state index contributed by atoms with van der Waals surface area (Å²) in [5.41, 5.74) is 7.58. The maximum absolute atomic E-state index is 2.37. The molecule has 0 aromatic heterocycles. The van der Waals surface area contributed by atoms with Gasteiger partial charge in [0.25, 0.3) is 0 Å². The van der Waals surface area contributed by atoms with Crippen LogP contribution in [-0.2, 0) is 12.8 Å². The van der Waals surface area contributed by atoms with Crippen molar-refractivity contribution in [1.29, 1.82) is 0 Å². The lowest BCUT2D eigenvalue weighted by Crippen LogP contribution is -2.00. The highest BCUT2D eigenvalue weighted by molar-refractivity contribution is 5.44. The molecule has 0 saturated carbocycles. The molecule has 0 nitrogen and oxygen atoms in total. The molecule has 0 N–H and O–H groups in total. The van der Waals surface area contributed by atoms with Gasteiger partial charge in [-0.3, -0.25) is 0 Å². The summed E-state index contributed by atoms with van der Waals surface area (Å²) in [7, 11) is 0. The van der Waals surface area contributed by atoms with Gasteiger partial charge in [-0.1, -0.05) is 26.3 Å². The lowest BCUT2D eigenvalue weighted by Gasteiger charge is -2.15. The third-order valence-electron chi connectivity index (χ3n) is 3.24. The molecule has 0 spiro atoms. The number of rotatable bonds is 3.